The molecule has 8 heteroatoms. The zero-order valence-electron chi connectivity index (χ0n) is 12.5. The fourth-order valence-corrected chi connectivity index (χ4v) is 2.78. The van der Waals surface area contributed by atoms with Crippen LogP contribution in [0.3, 0.4) is 0 Å². The molecule has 2 N–H and O–H groups in total. The number of likely N-dealkylation sites (N-methyl/N-ethyl adjacent to an activating group) is 1. The standard InChI is InChI=1S/C13H20N2O5S/c1-9(15(2)3)8-14-21(18,19)12-6-5-10(13(16)17)7-11(12)20-4/h5-7,9,14H,8H2,1-4H3,(H,16,17)/t9-/m0/s1. The molecule has 0 aliphatic rings. The summed E-state index contributed by atoms with van der Waals surface area (Å²) < 4.78 is 32.0. The van der Waals surface area contributed by atoms with E-state index in [1.165, 1.54) is 25.3 Å². The van der Waals surface area contributed by atoms with Crippen LogP contribution >= 0.6 is 0 Å². The molecule has 0 saturated carbocycles. The molecule has 0 aliphatic heterocycles. The molecule has 7 nitrogen and oxygen atoms in total. The highest BCUT2D eigenvalue weighted by Crippen LogP contribution is 2.24. The number of rotatable bonds is 7. The minimum absolute atomic E-state index is 0.0000869. The molecular weight excluding hydrogens is 296 g/mol. The Morgan fingerprint density at radius 1 is 1.43 bits per heavy atom. The van der Waals surface area contributed by atoms with Gasteiger partial charge in [-0.3, -0.25) is 0 Å². The predicted octanol–water partition coefficient (Wildman–Crippen LogP) is 0.622. The molecule has 1 atom stereocenters. The summed E-state index contributed by atoms with van der Waals surface area (Å²) in [6.45, 7) is 2.12. The molecule has 0 radical (unpaired) electrons. The van der Waals surface area contributed by atoms with E-state index in [9.17, 15) is 13.2 Å². The second-order valence-corrected chi connectivity index (χ2v) is 6.57. The number of carbonyl (C=O) groups is 1. The van der Waals surface area contributed by atoms with Crippen LogP contribution in [0.5, 0.6) is 5.75 Å². The smallest absolute Gasteiger partial charge is 0.335 e. The van der Waals surface area contributed by atoms with Crippen molar-refractivity contribution >= 4 is 16.0 Å². The Labute approximate surface area is 124 Å². The van der Waals surface area contributed by atoms with E-state index in [1.54, 1.807) is 0 Å². The summed E-state index contributed by atoms with van der Waals surface area (Å²) in [5.41, 5.74) is -0.0348. The van der Waals surface area contributed by atoms with E-state index in [-0.39, 0.29) is 28.8 Å². The Balaban J connectivity index is 3.05. The van der Waals surface area contributed by atoms with E-state index in [0.717, 1.165) is 0 Å². The molecule has 118 valence electrons. The van der Waals surface area contributed by atoms with Crippen molar-refractivity contribution in [1.82, 2.24) is 9.62 Å². The van der Waals surface area contributed by atoms with Gasteiger partial charge in [0, 0.05) is 12.6 Å². The van der Waals surface area contributed by atoms with Crippen LogP contribution in [0.15, 0.2) is 23.1 Å². The van der Waals surface area contributed by atoms with Gasteiger partial charge in [0.1, 0.15) is 10.6 Å². The third kappa shape index (κ3) is 4.42. The summed E-state index contributed by atoms with van der Waals surface area (Å²) in [5.74, 6) is -1.15. The lowest BCUT2D eigenvalue weighted by Crippen LogP contribution is -2.38. The van der Waals surface area contributed by atoms with E-state index in [0.29, 0.717) is 0 Å². The van der Waals surface area contributed by atoms with Crippen LogP contribution in [0.1, 0.15) is 17.3 Å². The number of nitrogens with zero attached hydrogens (tertiary/aromatic N) is 1. The molecule has 0 unspecified atom stereocenters. The van der Waals surface area contributed by atoms with Gasteiger partial charge in [0.25, 0.3) is 0 Å². The van der Waals surface area contributed by atoms with Crippen molar-refractivity contribution in [3.05, 3.63) is 23.8 Å². The summed E-state index contributed by atoms with van der Waals surface area (Å²) in [5, 5.41) is 8.91. The van der Waals surface area contributed by atoms with Crippen molar-refractivity contribution in [2.24, 2.45) is 0 Å². The first-order valence-corrected chi connectivity index (χ1v) is 7.74. The summed E-state index contributed by atoms with van der Waals surface area (Å²) >= 11 is 0. The van der Waals surface area contributed by atoms with E-state index < -0.39 is 16.0 Å². The number of hydrogen-bond acceptors (Lipinski definition) is 5. The first-order valence-electron chi connectivity index (χ1n) is 6.26. The van der Waals surface area contributed by atoms with Crippen molar-refractivity contribution in [3.63, 3.8) is 0 Å². The Bertz CT molecular complexity index is 613. The van der Waals surface area contributed by atoms with Crippen LogP contribution in [-0.2, 0) is 10.0 Å². The monoisotopic (exact) mass is 316 g/mol. The average molecular weight is 316 g/mol. The summed E-state index contributed by atoms with van der Waals surface area (Å²) in [6, 6.07) is 3.66. The fraction of sp³-hybridized carbons (Fsp3) is 0.462. The molecule has 1 aromatic rings. The lowest BCUT2D eigenvalue weighted by Gasteiger charge is -2.20. The Kier molecular flexibility index (Phi) is 5.70. The number of carboxylic acids is 1. The van der Waals surface area contributed by atoms with Crippen molar-refractivity contribution in [2.75, 3.05) is 27.7 Å². The number of sulfonamides is 1. The molecule has 0 heterocycles. The number of ether oxygens (including phenoxy) is 1. The van der Waals surface area contributed by atoms with Crippen LogP contribution in [0.25, 0.3) is 0 Å². The van der Waals surface area contributed by atoms with Gasteiger partial charge in [-0.1, -0.05) is 0 Å². The Hall–Kier alpha value is -1.64. The summed E-state index contributed by atoms with van der Waals surface area (Å²) in [6.07, 6.45) is 0. The molecule has 0 fully saturated rings. The highest BCUT2D eigenvalue weighted by Gasteiger charge is 2.21. The van der Waals surface area contributed by atoms with Gasteiger partial charge in [0.2, 0.25) is 10.0 Å². The highest BCUT2D eigenvalue weighted by molar-refractivity contribution is 7.89. The molecule has 0 aliphatic carbocycles. The largest absolute Gasteiger partial charge is 0.495 e. The topological polar surface area (TPSA) is 95.9 Å². The van der Waals surface area contributed by atoms with Gasteiger partial charge in [0.15, 0.2) is 0 Å². The summed E-state index contributed by atoms with van der Waals surface area (Å²) in [7, 11) is 1.22. The first-order chi connectivity index (χ1) is 9.69. The summed E-state index contributed by atoms with van der Waals surface area (Å²) in [4.78, 5) is 12.7. The fourth-order valence-electron chi connectivity index (χ4n) is 1.51. The van der Waals surface area contributed by atoms with Gasteiger partial charge in [-0.25, -0.2) is 17.9 Å². The maximum Gasteiger partial charge on any atom is 0.335 e. The number of carboxylic acid groups (broad SMARTS) is 1. The minimum Gasteiger partial charge on any atom is -0.495 e. The predicted molar refractivity (Wildman–Crippen MR) is 78.3 cm³/mol. The molecule has 0 saturated heterocycles. The molecule has 1 aromatic carbocycles. The van der Waals surface area contributed by atoms with Crippen LogP contribution in [-0.4, -0.2) is 58.2 Å². The van der Waals surface area contributed by atoms with E-state index in [2.05, 4.69) is 4.72 Å². The van der Waals surface area contributed by atoms with Gasteiger partial charge < -0.3 is 14.7 Å². The number of nitrogens with one attached hydrogen (secondary N) is 1. The molecule has 21 heavy (non-hydrogen) atoms. The molecule has 0 spiro atoms. The van der Waals surface area contributed by atoms with Crippen molar-refractivity contribution < 1.29 is 23.1 Å². The molecule has 0 amide bonds. The number of hydrogen-bond donors (Lipinski definition) is 2. The quantitative estimate of drug-likeness (QED) is 0.765. The van der Waals surface area contributed by atoms with Crippen LogP contribution in [0.2, 0.25) is 0 Å². The van der Waals surface area contributed by atoms with E-state index in [1.807, 2.05) is 25.9 Å². The maximum absolute atomic E-state index is 12.3. The maximum atomic E-state index is 12.3. The Morgan fingerprint density at radius 2 is 2.05 bits per heavy atom. The third-order valence-electron chi connectivity index (χ3n) is 3.15. The molecule has 0 aromatic heterocycles. The number of methoxy groups -OCH3 is 1. The van der Waals surface area contributed by atoms with E-state index >= 15 is 0 Å². The van der Waals surface area contributed by atoms with Crippen LogP contribution in [0.4, 0.5) is 0 Å². The van der Waals surface area contributed by atoms with Crippen molar-refractivity contribution in [1.29, 1.82) is 0 Å². The highest BCUT2D eigenvalue weighted by atomic mass is 32.2. The van der Waals surface area contributed by atoms with E-state index in [4.69, 9.17) is 9.84 Å². The van der Waals surface area contributed by atoms with Crippen molar-refractivity contribution in [3.8, 4) is 5.75 Å². The normalized spacial score (nSPS) is 13.2. The lowest BCUT2D eigenvalue weighted by atomic mass is 10.2. The minimum atomic E-state index is -3.77. The van der Waals surface area contributed by atoms with Gasteiger partial charge in [-0.05, 0) is 39.2 Å². The zero-order valence-corrected chi connectivity index (χ0v) is 13.3. The van der Waals surface area contributed by atoms with Crippen LogP contribution < -0.4 is 9.46 Å². The van der Waals surface area contributed by atoms with Gasteiger partial charge in [0.05, 0.1) is 12.7 Å². The average Bonchev–Trinajstić information content (AvgIpc) is 2.43. The second-order valence-electron chi connectivity index (χ2n) is 4.84. The molecule has 0 bridgehead atoms. The number of aromatic carboxylic acids is 1. The van der Waals surface area contributed by atoms with Gasteiger partial charge >= 0.3 is 5.97 Å². The Morgan fingerprint density at radius 3 is 2.52 bits per heavy atom. The van der Waals surface area contributed by atoms with Crippen molar-refractivity contribution in [2.45, 2.75) is 17.9 Å². The lowest BCUT2D eigenvalue weighted by molar-refractivity contribution is 0.0696. The zero-order chi connectivity index (χ0) is 16.2. The van der Waals surface area contributed by atoms with Gasteiger partial charge in [-0.15, -0.1) is 0 Å². The SMILES string of the molecule is COc1cc(C(=O)O)ccc1S(=O)(=O)NC[C@H](C)N(C)C. The first kappa shape index (κ1) is 17.4. The second kappa shape index (κ2) is 6.88. The van der Waals surface area contributed by atoms with Gasteiger partial charge in [-0.2, -0.15) is 0 Å². The molecular formula is C13H20N2O5S. The third-order valence-corrected chi connectivity index (χ3v) is 4.61. The van der Waals surface area contributed by atoms with Crippen LogP contribution in [0, 0.1) is 0 Å². The number of benzene rings is 1. The molecule has 1 rings (SSSR count).